The second kappa shape index (κ2) is 3.21. The van der Waals surface area contributed by atoms with Gasteiger partial charge in [-0.2, -0.15) is 0 Å². The monoisotopic (exact) mass is 128 g/mol. The van der Waals surface area contributed by atoms with Crippen molar-refractivity contribution in [2.24, 2.45) is 5.92 Å². The van der Waals surface area contributed by atoms with Crippen LogP contribution in [0, 0.1) is 5.92 Å². The van der Waals surface area contributed by atoms with Crippen LogP contribution in [0.1, 0.15) is 32.6 Å². The second-order valence-electron chi connectivity index (χ2n) is 3.04. The summed E-state index contributed by atoms with van der Waals surface area (Å²) in [6.07, 6.45) is 5.96. The van der Waals surface area contributed by atoms with E-state index in [1.807, 2.05) is 7.11 Å². The molecule has 0 amide bonds. The first-order chi connectivity index (χ1) is 4.34. The van der Waals surface area contributed by atoms with E-state index in [9.17, 15) is 0 Å². The summed E-state index contributed by atoms with van der Waals surface area (Å²) in [7, 11) is 1.83. The minimum absolute atomic E-state index is 0.554. The first-order valence-corrected chi connectivity index (χ1v) is 3.87. The van der Waals surface area contributed by atoms with E-state index in [1.54, 1.807) is 0 Å². The number of hydrogen-bond donors (Lipinski definition) is 0. The first kappa shape index (κ1) is 7.07. The Hall–Kier alpha value is -0.0400. The van der Waals surface area contributed by atoms with Gasteiger partial charge in [0.1, 0.15) is 0 Å². The molecule has 2 atom stereocenters. The summed E-state index contributed by atoms with van der Waals surface area (Å²) in [4.78, 5) is 0. The SMILES string of the molecule is COC1CCCC[C@H]1C. The third kappa shape index (κ3) is 1.68. The van der Waals surface area contributed by atoms with E-state index in [1.165, 1.54) is 25.7 Å². The molecule has 9 heavy (non-hydrogen) atoms. The van der Waals surface area contributed by atoms with Crippen molar-refractivity contribution in [3.63, 3.8) is 0 Å². The van der Waals surface area contributed by atoms with Gasteiger partial charge in [-0.05, 0) is 18.8 Å². The Morgan fingerprint density at radius 1 is 1.22 bits per heavy atom. The van der Waals surface area contributed by atoms with Crippen molar-refractivity contribution < 1.29 is 4.74 Å². The molecule has 1 rings (SSSR count). The fourth-order valence-corrected chi connectivity index (χ4v) is 1.63. The van der Waals surface area contributed by atoms with Crippen molar-refractivity contribution >= 4 is 0 Å². The molecule has 0 aromatic heterocycles. The summed E-state index contributed by atoms with van der Waals surface area (Å²) in [6.45, 7) is 2.29. The van der Waals surface area contributed by atoms with E-state index in [-0.39, 0.29) is 0 Å². The molecule has 0 aliphatic heterocycles. The van der Waals surface area contributed by atoms with Gasteiger partial charge in [0.25, 0.3) is 0 Å². The van der Waals surface area contributed by atoms with Gasteiger partial charge in [-0.15, -0.1) is 0 Å². The Bertz CT molecular complexity index is 80.6. The second-order valence-corrected chi connectivity index (χ2v) is 3.04. The molecule has 1 aliphatic carbocycles. The van der Waals surface area contributed by atoms with E-state index in [2.05, 4.69) is 6.92 Å². The van der Waals surface area contributed by atoms with E-state index >= 15 is 0 Å². The van der Waals surface area contributed by atoms with Gasteiger partial charge in [0, 0.05) is 7.11 Å². The lowest BCUT2D eigenvalue weighted by Gasteiger charge is -2.26. The van der Waals surface area contributed by atoms with Gasteiger partial charge < -0.3 is 4.74 Å². The maximum Gasteiger partial charge on any atom is 0.0596 e. The lowest BCUT2D eigenvalue weighted by Crippen LogP contribution is -2.23. The highest BCUT2D eigenvalue weighted by Crippen LogP contribution is 2.25. The molecule has 1 unspecified atom stereocenters. The molecule has 0 radical (unpaired) electrons. The Balaban J connectivity index is 2.30. The Morgan fingerprint density at radius 2 is 1.89 bits per heavy atom. The number of ether oxygens (including phenoxy) is 1. The maximum absolute atomic E-state index is 5.30. The van der Waals surface area contributed by atoms with E-state index in [0.717, 1.165) is 5.92 Å². The number of hydrogen-bond acceptors (Lipinski definition) is 1. The average molecular weight is 128 g/mol. The van der Waals surface area contributed by atoms with Gasteiger partial charge in [0.2, 0.25) is 0 Å². The summed E-state index contributed by atoms with van der Waals surface area (Å²) in [5, 5.41) is 0. The molecule has 0 spiro atoms. The van der Waals surface area contributed by atoms with Crippen LogP contribution in [0.25, 0.3) is 0 Å². The Morgan fingerprint density at radius 3 is 2.33 bits per heavy atom. The third-order valence-corrected chi connectivity index (χ3v) is 2.34. The predicted molar refractivity (Wildman–Crippen MR) is 38.4 cm³/mol. The quantitative estimate of drug-likeness (QED) is 0.526. The van der Waals surface area contributed by atoms with Gasteiger partial charge in [-0.1, -0.05) is 19.8 Å². The molecule has 0 saturated heterocycles. The topological polar surface area (TPSA) is 9.23 Å². The zero-order valence-corrected chi connectivity index (χ0v) is 6.39. The highest BCUT2D eigenvalue weighted by Gasteiger charge is 2.19. The van der Waals surface area contributed by atoms with Crippen LogP contribution in [0.4, 0.5) is 0 Å². The van der Waals surface area contributed by atoms with Crippen LogP contribution >= 0.6 is 0 Å². The van der Waals surface area contributed by atoms with Crippen molar-refractivity contribution in [1.82, 2.24) is 0 Å². The standard InChI is InChI=1S/C8H16O/c1-7-5-3-4-6-8(7)9-2/h7-8H,3-6H2,1-2H3/t7-,8?/m1/s1. The van der Waals surface area contributed by atoms with Crippen molar-refractivity contribution in [3.05, 3.63) is 0 Å². The summed E-state index contributed by atoms with van der Waals surface area (Å²) in [5.41, 5.74) is 0. The van der Waals surface area contributed by atoms with Crippen LogP contribution < -0.4 is 0 Å². The van der Waals surface area contributed by atoms with E-state index < -0.39 is 0 Å². The molecule has 1 aliphatic rings. The highest BCUT2D eigenvalue weighted by molar-refractivity contribution is 4.71. The van der Waals surface area contributed by atoms with Crippen LogP contribution in [0.3, 0.4) is 0 Å². The molecule has 0 bridgehead atoms. The van der Waals surface area contributed by atoms with Gasteiger partial charge in [0.15, 0.2) is 0 Å². The average Bonchev–Trinajstić information content (AvgIpc) is 1.89. The summed E-state index contributed by atoms with van der Waals surface area (Å²) >= 11 is 0. The molecule has 1 fully saturated rings. The smallest absolute Gasteiger partial charge is 0.0596 e. The van der Waals surface area contributed by atoms with Gasteiger partial charge >= 0.3 is 0 Å². The van der Waals surface area contributed by atoms with Crippen LogP contribution in [0.2, 0.25) is 0 Å². The normalized spacial score (nSPS) is 36.7. The van der Waals surface area contributed by atoms with Crippen molar-refractivity contribution in [3.8, 4) is 0 Å². The Kier molecular flexibility index (Phi) is 2.52. The van der Waals surface area contributed by atoms with Crippen molar-refractivity contribution in [2.45, 2.75) is 38.7 Å². The molecule has 0 N–H and O–H groups in total. The highest BCUT2D eigenvalue weighted by atomic mass is 16.5. The minimum atomic E-state index is 0.554. The van der Waals surface area contributed by atoms with Crippen LogP contribution in [0.5, 0.6) is 0 Å². The van der Waals surface area contributed by atoms with Gasteiger partial charge in [-0.25, -0.2) is 0 Å². The predicted octanol–water partition coefficient (Wildman–Crippen LogP) is 2.21. The van der Waals surface area contributed by atoms with Crippen molar-refractivity contribution in [2.75, 3.05) is 7.11 Å². The molecular weight excluding hydrogens is 112 g/mol. The third-order valence-electron chi connectivity index (χ3n) is 2.34. The van der Waals surface area contributed by atoms with E-state index in [0.29, 0.717) is 6.10 Å². The molecular formula is C8H16O. The number of rotatable bonds is 1. The molecule has 0 heterocycles. The largest absolute Gasteiger partial charge is 0.381 e. The summed E-state index contributed by atoms with van der Waals surface area (Å²) in [6, 6.07) is 0. The van der Waals surface area contributed by atoms with Crippen molar-refractivity contribution in [1.29, 1.82) is 0 Å². The van der Waals surface area contributed by atoms with Crippen LogP contribution in [-0.4, -0.2) is 13.2 Å². The lowest BCUT2D eigenvalue weighted by molar-refractivity contribution is 0.0310. The number of methoxy groups -OCH3 is 1. The van der Waals surface area contributed by atoms with E-state index in [4.69, 9.17) is 4.74 Å². The van der Waals surface area contributed by atoms with Crippen LogP contribution in [-0.2, 0) is 4.74 Å². The first-order valence-electron chi connectivity index (χ1n) is 3.87. The minimum Gasteiger partial charge on any atom is -0.381 e. The molecule has 1 nitrogen and oxygen atoms in total. The Labute approximate surface area is 57.4 Å². The molecule has 1 saturated carbocycles. The fourth-order valence-electron chi connectivity index (χ4n) is 1.63. The zero-order valence-electron chi connectivity index (χ0n) is 6.39. The maximum atomic E-state index is 5.30. The zero-order chi connectivity index (χ0) is 6.69. The fraction of sp³-hybridized carbons (Fsp3) is 1.00. The van der Waals surface area contributed by atoms with Gasteiger partial charge in [0.05, 0.1) is 6.10 Å². The van der Waals surface area contributed by atoms with Crippen LogP contribution in [0.15, 0.2) is 0 Å². The lowest BCUT2D eigenvalue weighted by atomic mass is 9.88. The molecule has 1 heteroatoms. The molecule has 0 aromatic rings. The molecule has 54 valence electrons. The summed E-state index contributed by atoms with van der Waals surface area (Å²) < 4.78 is 5.30. The summed E-state index contributed by atoms with van der Waals surface area (Å²) in [5.74, 6) is 0.795. The van der Waals surface area contributed by atoms with Gasteiger partial charge in [-0.3, -0.25) is 0 Å². The molecule has 0 aromatic carbocycles.